The van der Waals surface area contributed by atoms with Crippen LogP contribution in [0.5, 0.6) is 0 Å². The first kappa shape index (κ1) is 12.1. The summed E-state index contributed by atoms with van der Waals surface area (Å²) in [7, 11) is 0. The molecule has 1 aromatic heterocycles. The van der Waals surface area contributed by atoms with Gasteiger partial charge < -0.3 is 5.73 Å². The molecule has 1 aromatic rings. The third-order valence-corrected chi connectivity index (χ3v) is 1.33. The van der Waals surface area contributed by atoms with Crippen LogP contribution in [0.2, 0.25) is 0 Å². The molecule has 13 heavy (non-hydrogen) atoms. The topological polar surface area (TPSA) is 43.8 Å². The maximum absolute atomic E-state index is 11.8. The molecule has 0 bridgehead atoms. The summed E-state index contributed by atoms with van der Waals surface area (Å²) in [6, 6.07) is 0. The number of nitrogens with two attached hydrogens (primary N) is 1. The Morgan fingerprint density at radius 3 is 2.38 bits per heavy atom. The number of hydrogen-bond donors (Lipinski definition) is 1. The van der Waals surface area contributed by atoms with Crippen molar-refractivity contribution in [3.63, 3.8) is 0 Å². The van der Waals surface area contributed by atoms with Crippen molar-refractivity contribution in [3.8, 4) is 0 Å². The number of halogens is 4. The summed E-state index contributed by atoms with van der Waals surface area (Å²) in [4.78, 5) is 0. The fourth-order valence-corrected chi connectivity index (χ4v) is 0.798. The summed E-state index contributed by atoms with van der Waals surface area (Å²) in [5.74, 6) is 0. The number of aromatic nitrogens is 2. The van der Waals surface area contributed by atoms with Crippen LogP contribution >= 0.6 is 12.4 Å². The third kappa shape index (κ3) is 3.54. The summed E-state index contributed by atoms with van der Waals surface area (Å²) in [6.07, 6.45) is -3.08. The Hall–Kier alpha value is -0.910. The van der Waals surface area contributed by atoms with E-state index in [0.717, 1.165) is 4.68 Å². The van der Waals surface area contributed by atoms with E-state index in [1.807, 2.05) is 0 Å². The highest BCUT2D eigenvalue weighted by Crippen LogP contribution is 2.18. The van der Waals surface area contributed by atoms with Gasteiger partial charge in [-0.1, -0.05) is 0 Å². The lowest BCUT2D eigenvalue weighted by Crippen LogP contribution is -2.17. The predicted octanol–water partition coefficient (Wildman–Crippen LogP) is 1.76. The van der Waals surface area contributed by atoms with Crippen LogP contribution in [0.4, 0.5) is 18.9 Å². The molecule has 0 amide bonds. The second kappa shape index (κ2) is 3.87. The largest absolute Gasteiger partial charge is 0.408 e. The van der Waals surface area contributed by atoms with E-state index in [-0.39, 0.29) is 18.1 Å². The lowest BCUT2D eigenvalue weighted by atomic mass is 10.4. The van der Waals surface area contributed by atoms with Gasteiger partial charge in [-0.3, -0.25) is 4.68 Å². The van der Waals surface area contributed by atoms with Gasteiger partial charge in [0.25, 0.3) is 0 Å². The second-order valence-corrected chi connectivity index (χ2v) is 2.48. The number of anilines is 1. The molecule has 0 atom stereocenters. The molecule has 0 fully saturated rings. The third-order valence-electron chi connectivity index (χ3n) is 1.33. The predicted molar refractivity (Wildman–Crippen MR) is 44.7 cm³/mol. The Bertz CT molecular complexity index is 262. The van der Waals surface area contributed by atoms with Crippen LogP contribution in [0.15, 0.2) is 6.20 Å². The van der Waals surface area contributed by atoms with Gasteiger partial charge in [0.1, 0.15) is 6.54 Å². The minimum Gasteiger partial charge on any atom is -0.396 e. The summed E-state index contributed by atoms with van der Waals surface area (Å²) < 4.78 is 36.1. The van der Waals surface area contributed by atoms with Crippen molar-refractivity contribution < 1.29 is 13.2 Å². The van der Waals surface area contributed by atoms with Crippen molar-refractivity contribution >= 4 is 18.1 Å². The molecule has 2 N–H and O–H groups in total. The van der Waals surface area contributed by atoms with Gasteiger partial charge in [-0.05, 0) is 6.92 Å². The number of aryl methyl sites for hydroxylation is 1. The lowest BCUT2D eigenvalue weighted by molar-refractivity contribution is -0.142. The first-order valence-electron chi connectivity index (χ1n) is 3.25. The number of nitrogen functional groups attached to an aromatic ring is 1. The van der Waals surface area contributed by atoms with Gasteiger partial charge in [-0.25, -0.2) is 0 Å². The van der Waals surface area contributed by atoms with Gasteiger partial charge in [0.15, 0.2) is 0 Å². The molecule has 0 unspecified atom stereocenters. The molecule has 0 aliphatic carbocycles. The molecule has 7 heteroatoms. The highest BCUT2D eigenvalue weighted by molar-refractivity contribution is 5.85. The van der Waals surface area contributed by atoms with Crippen LogP contribution in [0.3, 0.4) is 0 Å². The SMILES string of the molecule is Cc1nn(CC(F)(F)F)cc1N.Cl. The smallest absolute Gasteiger partial charge is 0.396 e. The Morgan fingerprint density at radius 1 is 1.54 bits per heavy atom. The molecule has 76 valence electrons. The molecular formula is C6H9ClF3N3. The second-order valence-electron chi connectivity index (χ2n) is 2.48. The zero-order chi connectivity index (χ0) is 9.35. The average molecular weight is 216 g/mol. The van der Waals surface area contributed by atoms with Crippen molar-refractivity contribution in [2.75, 3.05) is 5.73 Å². The van der Waals surface area contributed by atoms with Crippen molar-refractivity contribution in [1.29, 1.82) is 0 Å². The van der Waals surface area contributed by atoms with E-state index in [0.29, 0.717) is 5.69 Å². The standard InChI is InChI=1S/C6H8F3N3.ClH/c1-4-5(10)2-12(11-4)3-6(7,8)9;/h2H,3,10H2,1H3;1H. The van der Waals surface area contributed by atoms with E-state index >= 15 is 0 Å². The van der Waals surface area contributed by atoms with Gasteiger partial charge >= 0.3 is 6.18 Å². The first-order chi connectivity index (χ1) is 5.38. The van der Waals surface area contributed by atoms with E-state index in [9.17, 15) is 13.2 Å². The molecule has 0 saturated carbocycles. The zero-order valence-electron chi connectivity index (χ0n) is 6.80. The molecule has 0 aromatic carbocycles. The monoisotopic (exact) mass is 215 g/mol. The van der Waals surface area contributed by atoms with E-state index in [2.05, 4.69) is 5.10 Å². The average Bonchev–Trinajstić information content (AvgIpc) is 2.07. The minimum atomic E-state index is -4.25. The van der Waals surface area contributed by atoms with Crippen molar-refractivity contribution in [1.82, 2.24) is 9.78 Å². The number of hydrogen-bond acceptors (Lipinski definition) is 2. The van der Waals surface area contributed by atoms with Gasteiger partial charge in [0.2, 0.25) is 0 Å². The Kier molecular flexibility index (Phi) is 3.60. The molecule has 1 heterocycles. The van der Waals surface area contributed by atoms with Gasteiger partial charge in [-0.15, -0.1) is 12.4 Å². The van der Waals surface area contributed by atoms with Gasteiger partial charge in [0, 0.05) is 6.20 Å². The fraction of sp³-hybridized carbons (Fsp3) is 0.500. The summed E-state index contributed by atoms with van der Waals surface area (Å²) >= 11 is 0. The van der Waals surface area contributed by atoms with E-state index in [1.54, 1.807) is 6.92 Å². The fourth-order valence-electron chi connectivity index (χ4n) is 0.798. The minimum absolute atomic E-state index is 0. The normalized spacial score (nSPS) is 11.1. The van der Waals surface area contributed by atoms with Crippen LogP contribution in [0, 0.1) is 6.92 Å². The number of rotatable bonds is 1. The zero-order valence-corrected chi connectivity index (χ0v) is 7.61. The molecule has 1 rings (SSSR count). The van der Waals surface area contributed by atoms with Crippen molar-refractivity contribution in [2.24, 2.45) is 0 Å². The first-order valence-corrected chi connectivity index (χ1v) is 3.25. The van der Waals surface area contributed by atoms with Gasteiger partial charge in [-0.2, -0.15) is 18.3 Å². The summed E-state index contributed by atoms with van der Waals surface area (Å²) in [5, 5.41) is 3.57. The number of alkyl halides is 3. The van der Waals surface area contributed by atoms with Crippen LogP contribution in [0.25, 0.3) is 0 Å². The van der Waals surface area contributed by atoms with Crippen LogP contribution in [-0.2, 0) is 6.54 Å². The molecule has 0 spiro atoms. The Balaban J connectivity index is 0.00000144. The van der Waals surface area contributed by atoms with Crippen LogP contribution in [0.1, 0.15) is 5.69 Å². The van der Waals surface area contributed by atoms with Crippen molar-refractivity contribution in [2.45, 2.75) is 19.6 Å². The molecule has 0 aliphatic rings. The van der Waals surface area contributed by atoms with Crippen LogP contribution < -0.4 is 5.73 Å². The van der Waals surface area contributed by atoms with Crippen LogP contribution in [-0.4, -0.2) is 16.0 Å². The lowest BCUT2D eigenvalue weighted by Gasteiger charge is -2.04. The molecule has 0 saturated heterocycles. The highest BCUT2D eigenvalue weighted by Gasteiger charge is 2.28. The quantitative estimate of drug-likeness (QED) is 0.776. The van der Waals surface area contributed by atoms with E-state index in [1.165, 1.54) is 6.20 Å². The van der Waals surface area contributed by atoms with Gasteiger partial charge in [0.05, 0.1) is 11.4 Å². The number of nitrogens with zero attached hydrogens (tertiary/aromatic N) is 2. The summed E-state index contributed by atoms with van der Waals surface area (Å²) in [6.45, 7) is 0.466. The Labute approximate surface area is 79.1 Å². The maximum Gasteiger partial charge on any atom is 0.408 e. The van der Waals surface area contributed by atoms with Crippen molar-refractivity contribution in [3.05, 3.63) is 11.9 Å². The molecule has 0 radical (unpaired) electrons. The van der Waals surface area contributed by atoms with E-state index in [4.69, 9.17) is 5.73 Å². The maximum atomic E-state index is 11.8. The molecular weight excluding hydrogens is 207 g/mol. The summed E-state index contributed by atoms with van der Waals surface area (Å²) in [5.41, 5.74) is 6.00. The highest BCUT2D eigenvalue weighted by atomic mass is 35.5. The van der Waals surface area contributed by atoms with E-state index < -0.39 is 12.7 Å². The molecule has 3 nitrogen and oxygen atoms in total. The Morgan fingerprint density at radius 2 is 2.08 bits per heavy atom. The molecule has 0 aliphatic heterocycles.